The second kappa shape index (κ2) is 10.5. The number of carbonyl (C=O) groups is 2. The predicted molar refractivity (Wildman–Crippen MR) is 128 cm³/mol. The van der Waals surface area contributed by atoms with Crippen LogP contribution in [0.25, 0.3) is 11.3 Å². The average molecular weight is 465 g/mol. The Morgan fingerprint density at radius 2 is 2.03 bits per heavy atom. The minimum atomic E-state index is -0.654. The van der Waals surface area contributed by atoms with Gasteiger partial charge in [0.05, 0.1) is 12.2 Å². The van der Waals surface area contributed by atoms with Gasteiger partial charge < -0.3 is 20.9 Å². The van der Waals surface area contributed by atoms with E-state index in [-0.39, 0.29) is 24.8 Å². The van der Waals surface area contributed by atoms with Crippen molar-refractivity contribution in [2.45, 2.75) is 57.5 Å². The number of imidazole rings is 1. The monoisotopic (exact) mass is 464 g/mol. The number of anilines is 1. The molecule has 4 N–H and O–H groups in total. The van der Waals surface area contributed by atoms with Gasteiger partial charge in [0.2, 0.25) is 11.8 Å². The SMILES string of the molecule is CCCc1nccn1C1CCCN(C(=O)C(CCC(N)=O)n2cc(-c3ccc(N)cc3)nn2)C1. The third-order valence-corrected chi connectivity index (χ3v) is 6.31. The van der Waals surface area contributed by atoms with Crippen molar-refractivity contribution in [1.82, 2.24) is 29.4 Å². The number of rotatable bonds is 9. The Morgan fingerprint density at radius 1 is 1.24 bits per heavy atom. The van der Waals surface area contributed by atoms with Crippen molar-refractivity contribution in [3.63, 3.8) is 0 Å². The molecule has 0 radical (unpaired) electrons. The van der Waals surface area contributed by atoms with E-state index < -0.39 is 11.9 Å². The molecule has 2 amide bonds. The Labute approximate surface area is 198 Å². The first-order valence-electron chi connectivity index (χ1n) is 11.8. The molecule has 2 unspecified atom stereocenters. The lowest BCUT2D eigenvalue weighted by Crippen LogP contribution is -2.44. The highest BCUT2D eigenvalue weighted by molar-refractivity contribution is 5.82. The summed E-state index contributed by atoms with van der Waals surface area (Å²) in [6, 6.07) is 6.83. The maximum absolute atomic E-state index is 13.7. The van der Waals surface area contributed by atoms with Gasteiger partial charge in [-0.3, -0.25) is 9.59 Å². The molecule has 0 saturated carbocycles. The Morgan fingerprint density at radius 3 is 2.76 bits per heavy atom. The molecule has 1 saturated heterocycles. The van der Waals surface area contributed by atoms with Crippen LogP contribution in [0.5, 0.6) is 0 Å². The molecule has 3 heterocycles. The van der Waals surface area contributed by atoms with E-state index in [2.05, 4.69) is 26.8 Å². The topological polar surface area (TPSA) is 138 Å². The summed E-state index contributed by atoms with van der Waals surface area (Å²) in [4.78, 5) is 31.6. The van der Waals surface area contributed by atoms with E-state index in [1.165, 1.54) is 0 Å². The molecule has 2 aromatic heterocycles. The van der Waals surface area contributed by atoms with Crippen molar-refractivity contribution in [3.05, 3.63) is 48.7 Å². The fraction of sp³-hybridized carbons (Fsp3) is 0.458. The lowest BCUT2D eigenvalue weighted by atomic mass is 10.0. The Kier molecular flexibility index (Phi) is 7.24. The number of amides is 2. The second-order valence-electron chi connectivity index (χ2n) is 8.81. The lowest BCUT2D eigenvalue weighted by Gasteiger charge is -2.36. The van der Waals surface area contributed by atoms with Gasteiger partial charge in [0, 0.05) is 49.6 Å². The minimum Gasteiger partial charge on any atom is -0.399 e. The summed E-state index contributed by atoms with van der Waals surface area (Å²) >= 11 is 0. The van der Waals surface area contributed by atoms with Crippen molar-refractivity contribution < 1.29 is 9.59 Å². The molecule has 1 aliphatic rings. The molecular formula is C24H32N8O2. The van der Waals surface area contributed by atoms with Crippen LogP contribution in [0.1, 0.15) is 56.9 Å². The zero-order valence-electron chi connectivity index (χ0n) is 19.5. The molecule has 0 bridgehead atoms. The molecule has 180 valence electrons. The largest absolute Gasteiger partial charge is 0.399 e. The number of benzene rings is 1. The van der Waals surface area contributed by atoms with Gasteiger partial charge in [-0.2, -0.15) is 0 Å². The van der Waals surface area contributed by atoms with Crippen molar-refractivity contribution >= 4 is 17.5 Å². The summed E-state index contributed by atoms with van der Waals surface area (Å²) in [6.45, 7) is 3.40. The Hall–Kier alpha value is -3.69. The zero-order valence-corrected chi connectivity index (χ0v) is 19.5. The van der Waals surface area contributed by atoms with Crippen molar-refractivity contribution in [2.75, 3.05) is 18.8 Å². The lowest BCUT2D eigenvalue weighted by molar-refractivity contribution is -0.137. The molecule has 10 nitrogen and oxygen atoms in total. The first kappa shape index (κ1) is 23.5. The number of hydrogen-bond acceptors (Lipinski definition) is 6. The smallest absolute Gasteiger partial charge is 0.247 e. The van der Waals surface area contributed by atoms with E-state index in [4.69, 9.17) is 11.5 Å². The molecule has 0 spiro atoms. The van der Waals surface area contributed by atoms with Crippen LogP contribution in [0.3, 0.4) is 0 Å². The number of aromatic nitrogens is 5. The van der Waals surface area contributed by atoms with Gasteiger partial charge in [0.1, 0.15) is 17.6 Å². The number of nitrogens with zero attached hydrogens (tertiary/aromatic N) is 6. The standard InChI is InChI=1S/C24H32N8O2/c1-2-4-23-27-12-14-31(23)19-5-3-13-30(15-19)24(34)21(10-11-22(26)33)32-16-20(28-29-32)17-6-8-18(25)9-7-17/h6-9,12,14,16,19,21H,2-5,10-11,13,15,25H2,1H3,(H2,26,33). The quantitative estimate of drug-likeness (QED) is 0.466. The number of primary amides is 1. The zero-order chi connectivity index (χ0) is 24.1. The molecule has 1 fully saturated rings. The summed E-state index contributed by atoms with van der Waals surface area (Å²) in [6.07, 6.45) is 9.75. The van der Waals surface area contributed by atoms with E-state index in [0.29, 0.717) is 24.5 Å². The number of nitrogen functional groups attached to an aromatic ring is 1. The molecule has 1 aromatic carbocycles. The Balaban J connectivity index is 1.55. The van der Waals surface area contributed by atoms with Crippen molar-refractivity contribution in [1.29, 1.82) is 0 Å². The van der Waals surface area contributed by atoms with Crippen LogP contribution in [-0.2, 0) is 16.0 Å². The van der Waals surface area contributed by atoms with E-state index in [1.54, 1.807) is 23.0 Å². The molecule has 10 heteroatoms. The van der Waals surface area contributed by atoms with Crippen LogP contribution in [0.15, 0.2) is 42.9 Å². The summed E-state index contributed by atoms with van der Waals surface area (Å²) in [5.74, 6) is 0.532. The first-order valence-corrected chi connectivity index (χ1v) is 11.8. The molecular weight excluding hydrogens is 432 g/mol. The highest BCUT2D eigenvalue weighted by Crippen LogP contribution is 2.27. The number of aryl methyl sites for hydroxylation is 1. The summed E-state index contributed by atoms with van der Waals surface area (Å²) in [5, 5.41) is 8.49. The average Bonchev–Trinajstić information content (AvgIpc) is 3.50. The van der Waals surface area contributed by atoms with Gasteiger partial charge in [0.25, 0.3) is 0 Å². The van der Waals surface area contributed by atoms with E-state index in [0.717, 1.165) is 37.1 Å². The highest BCUT2D eigenvalue weighted by Gasteiger charge is 2.32. The number of carbonyl (C=O) groups excluding carboxylic acids is 2. The van der Waals surface area contributed by atoms with Crippen LogP contribution in [0, 0.1) is 0 Å². The Bertz CT molecular complexity index is 1120. The van der Waals surface area contributed by atoms with Gasteiger partial charge in [-0.25, -0.2) is 9.67 Å². The number of likely N-dealkylation sites (tertiary alicyclic amines) is 1. The number of piperidine rings is 1. The van der Waals surface area contributed by atoms with Gasteiger partial charge in [-0.1, -0.05) is 24.3 Å². The van der Waals surface area contributed by atoms with Crippen LogP contribution in [-0.4, -0.2) is 54.3 Å². The normalized spacial score (nSPS) is 17.0. The molecule has 3 aromatic rings. The van der Waals surface area contributed by atoms with E-state index in [9.17, 15) is 9.59 Å². The third kappa shape index (κ3) is 5.27. The van der Waals surface area contributed by atoms with Gasteiger partial charge in [-0.15, -0.1) is 5.10 Å². The van der Waals surface area contributed by atoms with Crippen LogP contribution >= 0.6 is 0 Å². The van der Waals surface area contributed by atoms with Crippen molar-refractivity contribution in [2.24, 2.45) is 5.73 Å². The fourth-order valence-corrected chi connectivity index (χ4v) is 4.55. The molecule has 0 aliphatic carbocycles. The molecule has 1 aliphatic heterocycles. The van der Waals surface area contributed by atoms with Crippen LogP contribution < -0.4 is 11.5 Å². The maximum atomic E-state index is 13.7. The predicted octanol–water partition coefficient (Wildman–Crippen LogP) is 2.35. The summed E-state index contributed by atoms with van der Waals surface area (Å²) in [7, 11) is 0. The number of nitrogens with two attached hydrogens (primary N) is 2. The third-order valence-electron chi connectivity index (χ3n) is 6.31. The van der Waals surface area contributed by atoms with E-state index in [1.807, 2.05) is 29.4 Å². The number of hydrogen-bond donors (Lipinski definition) is 2. The highest BCUT2D eigenvalue weighted by atomic mass is 16.2. The van der Waals surface area contributed by atoms with Gasteiger partial charge >= 0.3 is 0 Å². The maximum Gasteiger partial charge on any atom is 0.247 e. The summed E-state index contributed by atoms with van der Waals surface area (Å²) in [5.41, 5.74) is 13.3. The van der Waals surface area contributed by atoms with E-state index >= 15 is 0 Å². The first-order chi connectivity index (χ1) is 16.5. The molecule has 4 rings (SSSR count). The van der Waals surface area contributed by atoms with Crippen LogP contribution in [0.2, 0.25) is 0 Å². The molecule has 34 heavy (non-hydrogen) atoms. The fourth-order valence-electron chi connectivity index (χ4n) is 4.55. The molecule has 2 atom stereocenters. The minimum absolute atomic E-state index is 0.0723. The van der Waals surface area contributed by atoms with Gasteiger partial charge in [0.15, 0.2) is 0 Å². The second-order valence-corrected chi connectivity index (χ2v) is 8.81. The van der Waals surface area contributed by atoms with Crippen molar-refractivity contribution in [3.8, 4) is 11.3 Å². The van der Waals surface area contributed by atoms with Gasteiger partial charge in [-0.05, 0) is 37.8 Å². The summed E-state index contributed by atoms with van der Waals surface area (Å²) < 4.78 is 3.76. The van der Waals surface area contributed by atoms with Crippen LogP contribution in [0.4, 0.5) is 5.69 Å².